The Morgan fingerprint density at radius 2 is 2.21 bits per heavy atom. The van der Waals surface area contributed by atoms with Gasteiger partial charge in [-0.2, -0.15) is 17.0 Å². The average molecular weight is 287 g/mol. The SMILES string of the molecule is CN(Cc1nccn1C)S(=O)(=O)N1CCCNCC1. The molecule has 1 N–H and O–H groups in total. The maximum absolute atomic E-state index is 12.5. The summed E-state index contributed by atoms with van der Waals surface area (Å²) < 4.78 is 29.7. The van der Waals surface area contributed by atoms with Crippen molar-refractivity contribution in [2.45, 2.75) is 13.0 Å². The van der Waals surface area contributed by atoms with Crippen molar-refractivity contribution >= 4 is 10.2 Å². The molecule has 2 rings (SSSR count). The van der Waals surface area contributed by atoms with Gasteiger partial charge < -0.3 is 9.88 Å². The summed E-state index contributed by atoms with van der Waals surface area (Å²) in [7, 11) is 0.0544. The predicted octanol–water partition coefficient (Wildman–Crippen LogP) is -0.608. The predicted molar refractivity (Wildman–Crippen MR) is 72.7 cm³/mol. The van der Waals surface area contributed by atoms with Gasteiger partial charge in [-0.1, -0.05) is 0 Å². The van der Waals surface area contributed by atoms with Crippen molar-refractivity contribution in [1.82, 2.24) is 23.5 Å². The second kappa shape index (κ2) is 6.00. The molecule has 2 heterocycles. The summed E-state index contributed by atoms with van der Waals surface area (Å²) in [5, 5.41) is 3.20. The Morgan fingerprint density at radius 1 is 1.42 bits per heavy atom. The zero-order valence-electron chi connectivity index (χ0n) is 11.4. The Hall–Kier alpha value is -0.960. The molecule has 0 unspecified atom stereocenters. The number of hydrogen-bond donors (Lipinski definition) is 1. The van der Waals surface area contributed by atoms with E-state index in [0.29, 0.717) is 19.6 Å². The molecule has 0 radical (unpaired) electrons. The van der Waals surface area contributed by atoms with E-state index in [1.165, 1.54) is 8.61 Å². The van der Waals surface area contributed by atoms with E-state index in [2.05, 4.69) is 10.3 Å². The van der Waals surface area contributed by atoms with Crippen LogP contribution in [0.25, 0.3) is 0 Å². The van der Waals surface area contributed by atoms with E-state index in [4.69, 9.17) is 0 Å². The van der Waals surface area contributed by atoms with Crippen LogP contribution in [0.3, 0.4) is 0 Å². The Bertz CT molecular complexity index is 505. The smallest absolute Gasteiger partial charge is 0.282 e. The fraction of sp³-hybridized carbons (Fsp3) is 0.727. The first-order chi connectivity index (χ1) is 9.01. The molecule has 19 heavy (non-hydrogen) atoms. The zero-order chi connectivity index (χ0) is 13.9. The third-order valence-electron chi connectivity index (χ3n) is 3.30. The van der Waals surface area contributed by atoms with Crippen LogP contribution in [0.1, 0.15) is 12.2 Å². The number of rotatable bonds is 4. The van der Waals surface area contributed by atoms with Gasteiger partial charge >= 0.3 is 0 Å². The second-order valence-corrected chi connectivity index (χ2v) is 6.76. The molecule has 1 fully saturated rings. The average Bonchev–Trinajstić information content (AvgIpc) is 2.64. The Labute approximate surface area is 114 Å². The molecule has 0 saturated carbocycles. The topological polar surface area (TPSA) is 70.5 Å². The largest absolute Gasteiger partial charge is 0.337 e. The maximum Gasteiger partial charge on any atom is 0.282 e. The fourth-order valence-electron chi connectivity index (χ4n) is 2.08. The van der Waals surface area contributed by atoms with Crippen LogP contribution < -0.4 is 5.32 Å². The molecular weight excluding hydrogens is 266 g/mol. The van der Waals surface area contributed by atoms with Crippen molar-refractivity contribution < 1.29 is 8.42 Å². The van der Waals surface area contributed by atoms with Crippen molar-refractivity contribution in [3.05, 3.63) is 18.2 Å². The van der Waals surface area contributed by atoms with E-state index >= 15 is 0 Å². The van der Waals surface area contributed by atoms with Crippen LogP contribution in [0.4, 0.5) is 0 Å². The highest BCUT2D eigenvalue weighted by Gasteiger charge is 2.27. The Balaban J connectivity index is 2.07. The molecular formula is C11H21N5O2S. The van der Waals surface area contributed by atoms with Crippen LogP contribution in [0.15, 0.2) is 12.4 Å². The third-order valence-corrected chi connectivity index (χ3v) is 5.24. The molecule has 1 aliphatic heterocycles. The van der Waals surface area contributed by atoms with Crippen LogP contribution in [0, 0.1) is 0 Å². The van der Waals surface area contributed by atoms with E-state index in [-0.39, 0.29) is 6.54 Å². The molecule has 0 aliphatic carbocycles. The molecule has 0 amide bonds. The standard InChI is InChI=1S/C11H21N5O2S/c1-14-8-6-13-11(14)10-15(2)19(17,18)16-7-3-4-12-5-9-16/h6,8,12H,3-5,7,9-10H2,1-2H3. The lowest BCUT2D eigenvalue weighted by molar-refractivity contribution is 0.362. The van der Waals surface area contributed by atoms with Crippen LogP contribution in [0.2, 0.25) is 0 Å². The van der Waals surface area contributed by atoms with Gasteiger partial charge in [0.15, 0.2) is 0 Å². The number of hydrogen-bond acceptors (Lipinski definition) is 4. The van der Waals surface area contributed by atoms with Gasteiger partial charge in [0, 0.05) is 46.1 Å². The molecule has 0 spiro atoms. The Morgan fingerprint density at radius 3 is 2.89 bits per heavy atom. The first-order valence-electron chi connectivity index (χ1n) is 6.40. The second-order valence-electron chi connectivity index (χ2n) is 4.72. The third kappa shape index (κ3) is 3.33. The molecule has 108 valence electrons. The van der Waals surface area contributed by atoms with Gasteiger partial charge in [-0.25, -0.2) is 4.98 Å². The van der Waals surface area contributed by atoms with Gasteiger partial charge in [0.25, 0.3) is 10.2 Å². The summed E-state index contributed by atoms with van der Waals surface area (Å²) in [6, 6.07) is 0. The monoisotopic (exact) mass is 287 g/mol. The molecule has 8 heteroatoms. The summed E-state index contributed by atoms with van der Waals surface area (Å²) in [4.78, 5) is 4.16. The minimum atomic E-state index is -3.40. The fourth-order valence-corrected chi connectivity index (χ4v) is 3.43. The van der Waals surface area contributed by atoms with E-state index < -0.39 is 10.2 Å². The van der Waals surface area contributed by atoms with Gasteiger partial charge in [0.1, 0.15) is 5.82 Å². The summed E-state index contributed by atoms with van der Waals surface area (Å²) >= 11 is 0. The number of nitrogens with one attached hydrogen (secondary N) is 1. The molecule has 0 atom stereocenters. The highest BCUT2D eigenvalue weighted by atomic mass is 32.2. The zero-order valence-corrected chi connectivity index (χ0v) is 12.2. The first-order valence-corrected chi connectivity index (χ1v) is 7.80. The minimum Gasteiger partial charge on any atom is -0.337 e. The van der Waals surface area contributed by atoms with Crippen molar-refractivity contribution in [3.63, 3.8) is 0 Å². The van der Waals surface area contributed by atoms with E-state index in [9.17, 15) is 8.42 Å². The van der Waals surface area contributed by atoms with Gasteiger partial charge in [0.05, 0.1) is 6.54 Å². The van der Waals surface area contributed by atoms with Crippen molar-refractivity contribution in [1.29, 1.82) is 0 Å². The van der Waals surface area contributed by atoms with Crippen molar-refractivity contribution in [3.8, 4) is 0 Å². The lowest BCUT2D eigenvalue weighted by Crippen LogP contribution is -2.43. The summed E-state index contributed by atoms with van der Waals surface area (Å²) in [5.74, 6) is 0.735. The number of nitrogens with zero attached hydrogens (tertiary/aromatic N) is 4. The van der Waals surface area contributed by atoms with Crippen molar-refractivity contribution in [2.75, 3.05) is 33.2 Å². The molecule has 7 nitrogen and oxygen atoms in total. The highest BCUT2D eigenvalue weighted by molar-refractivity contribution is 7.86. The maximum atomic E-state index is 12.5. The summed E-state index contributed by atoms with van der Waals surface area (Å²) in [6.07, 6.45) is 4.33. The highest BCUT2D eigenvalue weighted by Crippen LogP contribution is 2.11. The van der Waals surface area contributed by atoms with E-state index in [1.54, 1.807) is 13.2 Å². The summed E-state index contributed by atoms with van der Waals surface area (Å²) in [6.45, 7) is 2.95. The number of imidazole rings is 1. The van der Waals surface area contributed by atoms with Gasteiger partial charge in [-0.15, -0.1) is 0 Å². The van der Waals surface area contributed by atoms with E-state index in [1.807, 2.05) is 17.8 Å². The molecule has 1 aromatic rings. The quantitative estimate of drug-likeness (QED) is 0.802. The molecule has 1 aromatic heterocycles. The van der Waals surface area contributed by atoms with Crippen LogP contribution in [-0.4, -0.2) is 59.8 Å². The molecule has 1 aliphatic rings. The van der Waals surface area contributed by atoms with Crippen molar-refractivity contribution in [2.24, 2.45) is 7.05 Å². The molecule has 0 bridgehead atoms. The summed E-state index contributed by atoms with van der Waals surface area (Å²) in [5.41, 5.74) is 0. The molecule has 1 saturated heterocycles. The van der Waals surface area contributed by atoms with Crippen LogP contribution >= 0.6 is 0 Å². The van der Waals surface area contributed by atoms with Gasteiger partial charge in [-0.05, 0) is 13.0 Å². The van der Waals surface area contributed by atoms with Crippen LogP contribution in [-0.2, 0) is 23.8 Å². The van der Waals surface area contributed by atoms with Gasteiger partial charge in [-0.3, -0.25) is 0 Å². The Kier molecular flexibility index (Phi) is 4.56. The van der Waals surface area contributed by atoms with Crippen LogP contribution in [0.5, 0.6) is 0 Å². The molecule has 0 aromatic carbocycles. The number of aryl methyl sites for hydroxylation is 1. The lowest BCUT2D eigenvalue weighted by atomic mass is 10.4. The minimum absolute atomic E-state index is 0.287. The normalized spacial score (nSPS) is 18.7. The van der Waals surface area contributed by atoms with Gasteiger partial charge in [0.2, 0.25) is 0 Å². The lowest BCUT2D eigenvalue weighted by Gasteiger charge is -2.25. The number of aromatic nitrogens is 2. The van der Waals surface area contributed by atoms with E-state index in [0.717, 1.165) is 18.8 Å². The first kappa shape index (κ1) is 14.4.